The Bertz CT molecular complexity index is 1070. The molecule has 6 nitrogen and oxygen atoms in total. The Hall–Kier alpha value is -3.02. The topological polar surface area (TPSA) is 90.4 Å². The second kappa shape index (κ2) is 6.47. The summed E-state index contributed by atoms with van der Waals surface area (Å²) in [6.45, 7) is 6.10. The third-order valence-electron chi connectivity index (χ3n) is 3.89. The molecule has 0 amide bonds. The SMILES string of the molecule is CC(C)(C)C1=NC=NC1/C=c1\[nH]c(=O)/c(=C/c2ccccc2)[nH]c1=O. The molecule has 0 saturated heterocycles. The van der Waals surface area contributed by atoms with Gasteiger partial charge >= 0.3 is 0 Å². The molecule has 1 atom stereocenters. The van der Waals surface area contributed by atoms with E-state index in [0.717, 1.165) is 11.3 Å². The lowest BCUT2D eigenvalue weighted by atomic mass is 9.86. The minimum atomic E-state index is -0.364. The summed E-state index contributed by atoms with van der Waals surface area (Å²) in [5.41, 5.74) is 0.796. The van der Waals surface area contributed by atoms with E-state index in [-0.39, 0.29) is 33.3 Å². The molecule has 0 radical (unpaired) electrons. The molecule has 25 heavy (non-hydrogen) atoms. The van der Waals surface area contributed by atoms with Crippen LogP contribution in [0.5, 0.6) is 0 Å². The second-order valence-corrected chi connectivity index (χ2v) is 6.93. The van der Waals surface area contributed by atoms with Crippen molar-refractivity contribution in [3.63, 3.8) is 0 Å². The Balaban J connectivity index is 2.06. The molecule has 1 aliphatic heterocycles. The van der Waals surface area contributed by atoms with E-state index in [1.165, 1.54) is 6.34 Å². The van der Waals surface area contributed by atoms with Crippen LogP contribution in [0.3, 0.4) is 0 Å². The van der Waals surface area contributed by atoms with Crippen LogP contribution in [-0.2, 0) is 0 Å². The number of aromatic amines is 2. The number of nitrogens with zero attached hydrogens (tertiary/aromatic N) is 2. The first-order chi connectivity index (χ1) is 11.8. The molecule has 0 fully saturated rings. The number of hydrogen-bond acceptors (Lipinski definition) is 4. The van der Waals surface area contributed by atoms with Gasteiger partial charge in [0.05, 0.1) is 5.71 Å². The van der Waals surface area contributed by atoms with Gasteiger partial charge in [0.1, 0.15) is 23.1 Å². The van der Waals surface area contributed by atoms with Crippen molar-refractivity contribution in [1.82, 2.24) is 9.97 Å². The summed E-state index contributed by atoms with van der Waals surface area (Å²) < 4.78 is 0. The van der Waals surface area contributed by atoms with E-state index in [0.29, 0.717) is 0 Å². The molecule has 0 bridgehead atoms. The van der Waals surface area contributed by atoms with E-state index >= 15 is 0 Å². The molecule has 1 aromatic carbocycles. The van der Waals surface area contributed by atoms with E-state index in [9.17, 15) is 9.59 Å². The summed E-state index contributed by atoms with van der Waals surface area (Å²) in [4.78, 5) is 38.5. The zero-order chi connectivity index (χ0) is 18.0. The third kappa shape index (κ3) is 3.74. The molecule has 6 heteroatoms. The number of nitrogens with one attached hydrogen (secondary N) is 2. The van der Waals surface area contributed by atoms with E-state index < -0.39 is 0 Å². The van der Waals surface area contributed by atoms with E-state index in [2.05, 4.69) is 20.0 Å². The highest BCUT2D eigenvalue weighted by Crippen LogP contribution is 2.22. The van der Waals surface area contributed by atoms with Crippen molar-refractivity contribution in [3.8, 4) is 0 Å². The van der Waals surface area contributed by atoms with Crippen molar-refractivity contribution in [2.24, 2.45) is 15.4 Å². The smallest absolute Gasteiger partial charge is 0.272 e. The normalized spacial score (nSPS) is 18.7. The summed E-state index contributed by atoms with van der Waals surface area (Å²) >= 11 is 0. The monoisotopic (exact) mass is 336 g/mol. The first-order valence-corrected chi connectivity index (χ1v) is 8.06. The predicted octanol–water partition coefficient (Wildman–Crippen LogP) is 0.570. The molecule has 2 N–H and O–H groups in total. The molecule has 1 aromatic heterocycles. The molecular weight excluding hydrogens is 316 g/mol. The van der Waals surface area contributed by atoms with Gasteiger partial charge in [0.2, 0.25) is 0 Å². The van der Waals surface area contributed by atoms with Gasteiger partial charge in [-0.2, -0.15) is 0 Å². The largest absolute Gasteiger partial charge is 0.316 e. The minimum absolute atomic E-state index is 0.175. The molecule has 0 saturated carbocycles. The minimum Gasteiger partial charge on any atom is -0.316 e. The highest BCUT2D eigenvalue weighted by atomic mass is 16.1. The fourth-order valence-corrected chi connectivity index (χ4v) is 2.66. The average molecular weight is 336 g/mol. The van der Waals surface area contributed by atoms with Gasteiger partial charge in [-0.3, -0.25) is 14.6 Å². The van der Waals surface area contributed by atoms with Crippen molar-refractivity contribution < 1.29 is 0 Å². The van der Waals surface area contributed by atoms with Gasteiger partial charge in [-0.15, -0.1) is 0 Å². The van der Waals surface area contributed by atoms with E-state index in [1.54, 1.807) is 12.2 Å². The second-order valence-electron chi connectivity index (χ2n) is 6.93. The van der Waals surface area contributed by atoms with Crippen molar-refractivity contribution >= 4 is 24.2 Å². The quantitative estimate of drug-likeness (QED) is 0.839. The molecule has 3 rings (SSSR count). The van der Waals surface area contributed by atoms with Crippen LogP contribution in [0.25, 0.3) is 12.2 Å². The van der Waals surface area contributed by atoms with Gasteiger partial charge in [0.15, 0.2) is 0 Å². The molecular formula is C19H20N4O2. The number of H-pyrrole nitrogens is 2. The summed E-state index contributed by atoms with van der Waals surface area (Å²) in [5.74, 6) is 0. The van der Waals surface area contributed by atoms with Crippen LogP contribution in [0.15, 0.2) is 49.9 Å². The van der Waals surface area contributed by atoms with Crippen molar-refractivity contribution in [3.05, 3.63) is 67.3 Å². The Morgan fingerprint density at radius 3 is 2.32 bits per heavy atom. The van der Waals surface area contributed by atoms with Crippen LogP contribution < -0.4 is 21.8 Å². The van der Waals surface area contributed by atoms with Gasteiger partial charge in [-0.05, 0) is 17.7 Å². The highest BCUT2D eigenvalue weighted by molar-refractivity contribution is 6.05. The van der Waals surface area contributed by atoms with E-state index in [1.807, 2.05) is 51.1 Å². The zero-order valence-electron chi connectivity index (χ0n) is 14.4. The van der Waals surface area contributed by atoms with Gasteiger partial charge < -0.3 is 9.97 Å². The Kier molecular flexibility index (Phi) is 4.35. The third-order valence-corrected chi connectivity index (χ3v) is 3.89. The zero-order valence-corrected chi connectivity index (χ0v) is 14.4. The lowest BCUT2D eigenvalue weighted by Crippen LogP contribution is -2.47. The Morgan fingerprint density at radius 1 is 1.00 bits per heavy atom. The summed E-state index contributed by atoms with van der Waals surface area (Å²) in [6, 6.07) is 8.99. The summed E-state index contributed by atoms with van der Waals surface area (Å²) in [5, 5.41) is 0.407. The number of aliphatic imine (C=N–C) groups is 2. The first kappa shape index (κ1) is 16.8. The summed E-state index contributed by atoms with van der Waals surface area (Å²) in [7, 11) is 0. The standard InChI is InChI=1S/C19H20N4O2/c1-19(2,3)16-13(20-11-21-16)10-15-18(25)22-14(17(24)23-15)9-12-7-5-4-6-8-12/h4-11,13H,1-3H3,(H,22,25)(H,23,24)/b14-9-,15-10-. The maximum Gasteiger partial charge on any atom is 0.272 e. The van der Waals surface area contributed by atoms with Gasteiger partial charge in [0, 0.05) is 5.41 Å². The molecule has 0 aliphatic carbocycles. The maximum absolute atomic E-state index is 12.4. The number of rotatable bonds is 2. The van der Waals surface area contributed by atoms with Crippen LogP contribution in [0, 0.1) is 5.41 Å². The van der Waals surface area contributed by atoms with E-state index in [4.69, 9.17) is 0 Å². The first-order valence-electron chi connectivity index (χ1n) is 8.06. The maximum atomic E-state index is 12.4. The lowest BCUT2D eigenvalue weighted by molar-refractivity contribution is 0.580. The fraction of sp³-hybridized carbons (Fsp3) is 0.263. The number of benzene rings is 1. The average Bonchev–Trinajstić information content (AvgIpc) is 3.02. The Labute approximate surface area is 144 Å². The molecule has 1 aliphatic rings. The fourth-order valence-electron chi connectivity index (χ4n) is 2.66. The number of aromatic nitrogens is 2. The number of hydrogen-bond donors (Lipinski definition) is 2. The van der Waals surface area contributed by atoms with Crippen molar-refractivity contribution in [2.45, 2.75) is 26.8 Å². The highest BCUT2D eigenvalue weighted by Gasteiger charge is 2.27. The lowest BCUT2D eigenvalue weighted by Gasteiger charge is -2.21. The van der Waals surface area contributed by atoms with Crippen LogP contribution in [0.2, 0.25) is 0 Å². The van der Waals surface area contributed by atoms with Crippen LogP contribution >= 0.6 is 0 Å². The molecule has 1 unspecified atom stereocenters. The summed E-state index contributed by atoms with van der Waals surface area (Å²) in [6.07, 6.45) is 4.77. The molecule has 128 valence electrons. The Morgan fingerprint density at radius 2 is 1.64 bits per heavy atom. The van der Waals surface area contributed by atoms with Gasteiger partial charge in [-0.25, -0.2) is 4.99 Å². The van der Waals surface area contributed by atoms with Crippen LogP contribution in [-0.4, -0.2) is 28.1 Å². The molecule has 2 heterocycles. The molecule has 0 spiro atoms. The molecule has 2 aromatic rings. The van der Waals surface area contributed by atoms with Gasteiger partial charge in [0.25, 0.3) is 11.1 Å². The van der Waals surface area contributed by atoms with Crippen molar-refractivity contribution in [2.75, 3.05) is 0 Å². The van der Waals surface area contributed by atoms with Crippen molar-refractivity contribution in [1.29, 1.82) is 0 Å². The van der Waals surface area contributed by atoms with Crippen LogP contribution in [0.1, 0.15) is 26.3 Å². The van der Waals surface area contributed by atoms with Crippen LogP contribution in [0.4, 0.5) is 0 Å². The van der Waals surface area contributed by atoms with Gasteiger partial charge in [-0.1, -0.05) is 51.1 Å². The predicted molar refractivity (Wildman–Crippen MR) is 101 cm³/mol.